The van der Waals surface area contributed by atoms with E-state index in [2.05, 4.69) is 15.5 Å². The first-order valence-electron chi connectivity index (χ1n) is 6.66. The SMILES string of the molecule is O=C(CSc1nc2ccccc2o1)N/N=C\c1ccc([N+](=O)[O-])s1. The van der Waals surface area contributed by atoms with Crippen LogP contribution in [0.5, 0.6) is 0 Å². The number of hydrogen-bond donors (Lipinski definition) is 1. The van der Waals surface area contributed by atoms with Crippen LogP contribution in [0.4, 0.5) is 5.00 Å². The number of nitrogens with zero attached hydrogens (tertiary/aromatic N) is 3. The summed E-state index contributed by atoms with van der Waals surface area (Å²) in [6.45, 7) is 0. The second-order valence-electron chi connectivity index (χ2n) is 4.46. The van der Waals surface area contributed by atoms with E-state index in [4.69, 9.17) is 4.42 Å². The van der Waals surface area contributed by atoms with Gasteiger partial charge in [-0.15, -0.1) is 0 Å². The second-order valence-corrected chi connectivity index (χ2v) is 6.48. The smallest absolute Gasteiger partial charge is 0.324 e. The third-order valence-corrected chi connectivity index (χ3v) is 4.57. The van der Waals surface area contributed by atoms with Gasteiger partial charge < -0.3 is 4.42 Å². The molecule has 0 aliphatic carbocycles. The van der Waals surface area contributed by atoms with Crippen LogP contribution < -0.4 is 5.43 Å². The number of carbonyl (C=O) groups excluding carboxylic acids is 1. The van der Waals surface area contributed by atoms with Crippen LogP contribution in [0.25, 0.3) is 11.1 Å². The van der Waals surface area contributed by atoms with Gasteiger partial charge in [0.2, 0.25) is 0 Å². The molecule has 0 fully saturated rings. The molecule has 1 N–H and O–H groups in total. The minimum absolute atomic E-state index is 0.0225. The van der Waals surface area contributed by atoms with Crippen LogP contribution >= 0.6 is 23.1 Å². The lowest BCUT2D eigenvalue weighted by Crippen LogP contribution is -2.19. The summed E-state index contributed by atoms with van der Waals surface area (Å²) in [4.78, 5) is 26.6. The number of aromatic nitrogens is 1. The summed E-state index contributed by atoms with van der Waals surface area (Å²) < 4.78 is 5.49. The first-order valence-corrected chi connectivity index (χ1v) is 8.46. The first-order chi connectivity index (χ1) is 11.6. The Kier molecular flexibility index (Phi) is 4.87. The number of rotatable bonds is 6. The number of amides is 1. The molecule has 122 valence electrons. The van der Waals surface area contributed by atoms with Gasteiger partial charge in [-0.2, -0.15) is 5.10 Å². The van der Waals surface area contributed by atoms with Gasteiger partial charge in [-0.05, 0) is 18.2 Å². The largest absolute Gasteiger partial charge is 0.431 e. The fourth-order valence-electron chi connectivity index (χ4n) is 1.75. The molecule has 0 spiro atoms. The molecule has 0 radical (unpaired) electrons. The lowest BCUT2D eigenvalue weighted by Gasteiger charge is -1.96. The van der Waals surface area contributed by atoms with Gasteiger partial charge in [-0.25, -0.2) is 10.4 Å². The highest BCUT2D eigenvalue weighted by molar-refractivity contribution is 7.99. The van der Waals surface area contributed by atoms with Crippen molar-refractivity contribution in [3.63, 3.8) is 0 Å². The Morgan fingerprint density at radius 1 is 1.42 bits per heavy atom. The maximum atomic E-state index is 11.7. The summed E-state index contributed by atoms with van der Waals surface area (Å²) in [7, 11) is 0. The normalized spacial score (nSPS) is 11.2. The van der Waals surface area contributed by atoms with E-state index in [1.165, 1.54) is 12.3 Å². The van der Waals surface area contributed by atoms with Crippen molar-refractivity contribution >= 4 is 51.3 Å². The van der Waals surface area contributed by atoms with Crippen molar-refractivity contribution in [3.05, 3.63) is 51.4 Å². The molecule has 2 heterocycles. The Morgan fingerprint density at radius 3 is 3.00 bits per heavy atom. The molecule has 0 saturated heterocycles. The van der Waals surface area contributed by atoms with E-state index in [-0.39, 0.29) is 16.7 Å². The van der Waals surface area contributed by atoms with E-state index >= 15 is 0 Å². The number of fused-ring (bicyclic) bond motifs is 1. The predicted octanol–water partition coefficient (Wildman–Crippen LogP) is 3.04. The fourth-order valence-corrected chi connectivity index (χ4v) is 3.07. The number of thiophene rings is 1. The number of benzene rings is 1. The minimum Gasteiger partial charge on any atom is -0.431 e. The lowest BCUT2D eigenvalue weighted by atomic mass is 10.3. The number of para-hydroxylation sites is 2. The molecular weight excluding hydrogens is 352 g/mol. The monoisotopic (exact) mass is 362 g/mol. The molecular formula is C14H10N4O4S2. The highest BCUT2D eigenvalue weighted by Gasteiger charge is 2.09. The highest BCUT2D eigenvalue weighted by Crippen LogP contribution is 2.23. The molecule has 0 bridgehead atoms. The Balaban J connectivity index is 1.50. The van der Waals surface area contributed by atoms with Crippen molar-refractivity contribution in [2.45, 2.75) is 5.22 Å². The van der Waals surface area contributed by atoms with Crippen LogP contribution in [-0.4, -0.2) is 27.8 Å². The average Bonchev–Trinajstić information content (AvgIpc) is 3.19. The molecule has 0 unspecified atom stereocenters. The van der Waals surface area contributed by atoms with Crippen molar-refractivity contribution in [2.24, 2.45) is 5.10 Å². The molecule has 24 heavy (non-hydrogen) atoms. The van der Waals surface area contributed by atoms with Gasteiger partial charge in [0.25, 0.3) is 11.1 Å². The summed E-state index contributed by atoms with van der Waals surface area (Å²) in [6, 6.07) is 10.3. The van der Waals surface area contributed by atoms with Gasteiger partial charge in [0, 0.05) is 6.07 Å². The van der Waals surface area contributed by atoms with E-state index in [1.54, 1.807) is 12.1 Å². The van der Waals surface area contributed by atoms with Crippen LogP contribution in [0.15, 0.2) is 51.1 Å². The number of hydrogen-bond acceptors (Lipinski definition) is 8. The molecule has 0 saturated carbocycles. The van der Waals surface area contributed by atoms with Crippen LogP contribution in [0.3, 0.4) is 0 Å². The highest BCUT2D eigenvalue weighted by atomic mass is 32.2. The minimum atomic E-state index is -0.475. The topological polar surface area (TPSA) is 111 Å². The molecule has 3 aromatic rings. The van der Waals surface area contributed by atoms with E-state index in [9.17, 15) is 14.9 Å². The van der Waals surface area contributed by atoms with Gasteiger partial charge in [0.15, 0.2) is 5.58 Å². The molecule has 1 amide bonds. The number of oxazole rings is 1. The molecule has 8 nitrogen and oxygen atoms in total. The Bertz CT molecular complexity index is 885. The number of nitrogens with one attached hydrogen (secondary N) is 1. The quantitative estimate of drug-likeness (QED) is 0.312. The molecule has 2 aromatic heterocycles. The van der Waals surface area contributed by atoms with Crippen molar-refractivity contribution in [1.29, 1.82) is 0 Å². The Labute approximate surface area is 143 Å². The second kappa shape index (κ2) is 7.23. The third-order valence-electron chi connectivity index (χ3n) is 2.77. The Morgan fingerprint density at radius 2 is 2.25 bits per heavy atom. The zero-order valence-corrected chi connectivity index (χ0v) is 13.7. The van der Waals surface area contributed by atoms with Crippen LogP contribution in [0, 0.1) is 10.1 Å². The van der Waals surface area contributed by atoms with Gasteiger partial charge in [0.1, 0.15) is 5.52 Å². The van der Waals surface area contributed by atoms with Gasteiger partial charge in [0.05, 0.1) is 21.8 Å². The molecule has 0 atom stereocenters. The van der Waals surface area contributed by atoms with E-state index in [1.807, 2.05) is 18.2 Å². The number of nitro groups is 1. The zero-order valence-electron chi connectivity index (χ0n) is 12.0. The fraction of sp³-hybridized carbons (Fsp3) is 0.0714. The first kappa shape index (κ1) is 16.1. The maximum Gasteiger partial charge on any atom is 0.324 e. The summed E-state index contributed by atoms with van der Waals surface area (Å²) in [5.74, 6) is -0.237. The number of thioether (sulfide) groups is 1. The van der Waals surface area contributed by atoms with E-state index in [0.717, 1.165) is 28.6 Å². The van der Waals surface area contributed by atoms with Gasteiger partial charge >= 0.3 is 5.00 Å². The molecule has 0 aliphatic rings. The van der Waals surface area contributed by atoms with Crippen molar-refractivity contribution in [1.82, 2.24) is 10.4 Å². The van der Waals surface area contributed by atoms with Crippen LogP contribution in [0.2, 0.25) is 0 Å². The van der Waals surface area contributed by atoms with E-state index in [0.29, 0.717) is 15.7 Å². The van der Waals surface area contributed by atoms with Crippen LogP contribution in [-0.2, 0) is 4.79 Å². The van der Waals surface area contributed by atoms with Gasteiger partial charge in [-0.3, -0.25) is 14.9 Å². The van der Waals surface area contributed by atoms with Crippen LogP contribution in [0.1, 0.15) is 4.88 Å². The molecule has 0 aliphatic heterocycles. The van der Waals surface area contributed by atoms with Gasteiger partial charge in [-0.1, -0.05) is 35.2 Å². The summed E-state index contributed by atoms with van der Waals surface area (Å²) in [5, 5.41) is 14.8. The Hall–Kier alpha value is -2.72. The average molecular weight is 362 g/mol. The van der Waals surface area contributed by atoms with Crippen molar-refractivity contribution in [3.8, 4) is 0 Å². The maximum absolute atomic E-state index is 11.7. The number of carbonyl (C=O) groups is 1. The molecule has 1 aromatic carbocycles. The number of hydrazone groups is 1. The molecule has 10 heteroatoms. The predicted molar refractivity (Wildman–Crippen MR) is 91.4 cm³/mol. The summed E-state index contributed by atoms with van der Waals surface area (Å²) >= 11 is 2.13. The third kappa shape index (κ3) is 3.97. The summed E-state index contributed by atoms with van der Waals surface area (Å²) in [5.41, 5.74) is 3.75. The van der Waals surface area contributed by atoms with Crippen molar-refractivity contribution < 1.29 is 14.1 Å². The van der Waals surface area contributed by atoms with E-state index < -0.39 is 4.92 Å². The summed E-state index contributed by atoms with van der Waals surface area (Å²) in [6.07, 6.45) is 1.36. The lowest BCUT2D eigenvalue weighted by molar-refractivity contribution is -0.380. The zero-order chi connectivity index (χ0) is 16.9. The standard InChI is InChI=1S/C14H10N4O4S2/c19-12(17-15-7-9-5-6-13(24-9)18(20)21)8-23-14-16-10-3-1-2-4-11(10)22-14/h1-7H,8H2,(H,17,19)/b15-7-. The molecule has 3 rings (SSSR count). The van der Waals surface area contributed by atoms with Crippen molar-refractivity contribution in [2.75, 3.05) is 5.75 Å².